The summed E-state index contributed by atoms with van der Waals surface area (Å²) in [4.78, 5) is 4.28. The van der Waals surface area contributed by atoms with Crippen LogP contribution in [0, 0.1) is 0 Å². The Bertz CT molecular complexity index is 841. The van der Waals surface area contributed by atoms with Crippen LogP contribution in [0.1, 0.15) is 16.7 Å². The minimum Gasteiger partial charge on any atom is -0.378 e. The van der Waals surface area contributed by atoms with Crippen molar-refractivity contribution in [3.05, 3.63) is 89.5 Å². The predicted molar refractivity (Wildman–Crippen MR) is 99.9 cm³/mol. The van der Waals surface area contributed by atoms with Crippen molar-refractivity contribution < 1.29 is 5.11 Å². The molecule has 0 aromatic heterocycles. The van der Waals surface area contributed by atoms with Crippen LogP contribution in [-0.2, 0) is 5.60 Å². The van der Waals surface area contributed by atoms with Crippen LogP contribution in [0.15, 0.2) is 82.6 Å². The Morgan fingerprint density at radius 1 is 0.750 bits per heavy atom. The summed E-state index contributed by atoms with van der Waals surface area (Å²) in [5.41, 5.74) is 2.79. The second kappa shape index (κ2) is 5.69. The van der Waals surface area contributed by atoms with E-state index in [1.807, 2.05) is 62.6 Å². The number of anilines is 1. The maximum absolute atomic E-state index is 11.8. The molecule has 0 saturated carbocycles. The van der Waals surface area contributed by atoms with Gasteiger partial charge in [-0.15, -0.1) is 0 Å². The average Bonchev–Trinajstić information content (AvgIpc) is 2.62. The highest BCUT2D eigenvalue weighted by Crippen LogP contribution is 2.50. The molecule has 0 saturated heterocycles. The average molecular weight is 333 g/mol. The lowest BCUT2D eigenvalue weighted by Gasteiger charge is -2.36. The number of benzene rings is 3. The zero-order valence-electron chi connectivity index (χ0n) is 13.7. The van der Waals surface area contributed by atoms with Gasteiger partial charge in [0.25, 0.3) is 0 Å². The molecule has 3 aromatic carbocycles. The number of fused-ring (bicyclic) bond motifs is 2. The van der Waals surface area contributed by atoms with Gasteiger partial charge in [-0.2, -0.15) is 0 Å². The Morgan fingerprint density at radius 2 is 1.25 bits per heavy atom. The summed E-state index contributed by atoms with van der Waals surface area (Å²) in [6, 6.07) is 24.4. The summed E-state index contributed by atoms with van der Waals surface area (Å²) in [7, 11) is 4.04. The summed E-state index contributed by atoms with van der Waals surface area (Å²) in [5.74, 6) is 0. The van der Waals surface area contributed by atoms with Crippen molar-refractivity contribution in [1.82, 2.24) is 0 Å². The van der Waals surface area contributed by atoms with Crippen molar-refractivity contribution in [2.24, 2.45) is 0 Å². The monoisotopic (exact) mass is 333 g/mol. The highest BCUT2D eigenvalue weighted by atomic mass is 32.2. The number of hydrogen-bond acceptors (Lipinski definition) is 3. The van der Waals surface area contributed by atoms with E-state index >= 15 is 0 Å². The molecule has 0 amide bonds. The van der Waals surface area contributed by atoms with Crippen LogP contribution in [0.3, 0.4) is 0 Å². The van der Waals surface area contributed by atoms with Gasteiger partial charge in [0.15, 0.2) is 0 Å². The van der Waals surface area contributed by atoms with Gasteiger partial charge in [0.1, 0.15) is 5.60 Å². The molecule has 0 atom stereocenters. The molecule has 0 unspecified atom stereocenters. The molecule has 0 radical (unpaired) electrons. The van der Waals surface area contributed by atoms with E-state index in [9.17, 15) is 5.11 Å². The van der Waals surface area contributed by atoms with E-state index in [-0.39, 0.29) is 0 Å². The van der Waals surface area contributed by atoms with Crippen molar-refractivity contribution in [3.63, 3.8) is 0 Å². The van der Waals surface area contributed by atoms with E-state index in [2.05, 4.69) is 29.2 Å². The Morgan fingerprint density at radius 3 is 1.75 bits per heavy atom. The standard InChI is InChI=1S/C21H19NOS/c1-22(2)16-13-11-15(12-14-16)21(23)17-7-3-5-9-19(17)24-20-10-6-4-8-18(20)21/h3-14,23H,1-2H3. The first-order valence-electron chi connectivity index (χ1n) is 7.98. The third kappa shape index (κ3) is 2.24. The van der Waals surface area contributed by atoms with Gasteiger partial charge >= 0.3 is 0 Å². The minimum atomic E-state index is -1.12. The van der Waals surface area contributed by atoms with Crippen LogP contribution in [0.2, 0.25) is 0 Å². The van der Waals surface area contributed by atoms with E-state index in [1.165, 1.54) is 0 Å². The smallest absolute Gasteiger partial charge is 0.142 e. The van der Waals surface area contributed by atoms with Crippen LogP contribution in [-0.4, -0.2) is 19.2 Å². The maximum Gasteiger partial charge on any atom is 0.142 e. The molecule has 1 N–H and O–H groups in total. The lowest BCUT2D eigenvalue weighted by atomic mass is 9.80. The lowest BCUT2D eigenvalue weighted by Crippen LogP contribution is -2.32. The van der Waals surface area contributed by atoms with Crippen molar-refractivity contribution in [1.29, 1.82) is 0 Å². The third-order valence-corrected chi connectivity index (χ3v) is 5.73. The normalized spacial score (nSPS) is 14.6. The maximum atomic E-state index is 11.8. The fourth-order valence-electron chi connectivity index (χ4n) is 3.28. The molecule has 0 fully saturated rings. The minimum absolute atomic E-state index is 0.897. The van der Waals surface area contributed by atoms with Crippen molar-refractivity contribution in [3.8, 4) is 0 Å². The van der Waals surface area contributed by atoms with Gasteiger partial charge in [-0.05, 0) is 29.8 Å². The van der Waals surface area contributed by atoms with Crippen LogP contribution in [0.25, 0.3) is 0 Å². The molecule has 1 aliphatic rings. The zero-order chi connectivity index (χ0) is 16.7. The van der Waals surface area contributed by atoms with Gasteiger partial charge in [-0.1, -0.05) is 60.3 Å². The largest absolute Gasteiger partial charge is 0.378 e. The highest BCUT2D eigenvalue weighted by molar-refractivity contribution is 7.99. The summed E-state index contributed by atoms with van der Waals surface area (Å²) in [6.45, 7) is 0. The third-order valence-electron chi connectivity index (χ3n) is 4.58. The van der Waals surface area contributed by atoms with Gasteiger partial charge in [0.2, 0.25) is 0 Å². The molecular weight excluding hydrogens is 314 g/mol. The molecule has 3 aromatic rings. The molecule has 120 valence electrons. The van der Waals surface area contributed by atoms with Gasteiger partial charge in [0, 0.05) is 40.7 Å². The lowest BCUT2D eigenvalue weighted by molar-refractivity contribution is 0.118. The summed E-state index contributed by atoms with van der Waals surface area (Å²) in [6.07, 6.45) is 0. The number of rotatable bonds is 2. The Labute approximate surface area is 146 Å². The zero-order valence-corrected chi connectivity index (χ0v) is 14.5. The summed E-state index contributed by atoms with van der Waals surface area (Å²) in [5, 5.41) is 11.8. The van der Waals surface area contributed by atoms with Gasteiger partial charge in [-0.3, -0.25) is 0 Å². The molecular formula is C21H19NOS. The summed E-state index contributed by atoms with van der Waals surface area (Å²) >= 11 is 1.72. The molecule has 0 bridgehead atoms. The molecule has 24 heavy (non-hydrogen) atoms. The molecule has 1 heterocycles. The molecule has 2 nitrogen and oxygen atoms in total. The van der Waals surface area contributed by atoms with Crippen LogP contribution in [0.5, 0.6) is 0 Å². The molecule has 3 heteroatoms. The quantitative estimate of drug-likeness (QED) is 0.747. The Balaban J connectivity index is 1.95. The molecule has 4 rings (SSSR count). The van der Waals surface area contributed by atoms with Crippen LogP contribution >= 0.6 is 11.8 Å². The van der Waals surface area contributed by atoms with Crippen molar-refractivity contribution >= 4 is 17.4 Å². The Kier molecular flexibility index (Phi) is 3.63. The van der Waals surface area contributed by atoms with E-state index in [1.54, 1.807) is 11.8 Å². The second-order valence-electron chi connectivity index (χ2n) is 6.25. The first kappa shape index (κ1) is 15.3. The summed E-state index contributed by atoms with van der Waals surface area (Å²) < 4.78 is 0. The molecule has 0 spiro atoms. The predicted octanol–water partition coefficient (Wildman–Crippen LogP) is 4.50. The first-order chi connectivity index (χ1) is 11.6. The van der Waals surface area contributed by atoms with E-state index in [4.69, 9.17) is 0 Å². The van der Waals surface area contributed by atoms with Crippen molar-refractivity contribution in [2.45, 2.75) is 15.4 Å². The van der Waals surface area contributed by atoms with Crippen LogP contribution in [0.4, 0.5) is 5.69 Å². The first-order valence-corrected chi connectivity index (χ1v) is 8.79. The molecule has 1 aliphatic heterocycles. The fourth-order valence-corrected chi connectivity index (χ4v) is 4.47. The fraction of sp³-hybridized carbons (Fsp3) is 0.143. The van der Waals surface area contributed by atoms with Gasteiger partial charge in [-0.25, -0.2) is 0 Å². The molecule has 0 aliphatic carbocycles. The van der Waals surface area contributed by atoms with E-state index in [0.717, 1.165) is 32.2 Å². The Hall–Kier alpha value is -2.23. The highest BCUT2D eigenvalue weighted by Gasteiger charge is 2.40. The van der Waals surface area contributed by atoms with E-state index in [0.29, 0.717) is 0 Å². The number of hydrogen-bond donors (Lipinski definition) is 1. The topological polar surface area (TPSA) is 23.5 Å². The number of nitrogens with zero attached hydrogens (tertiary/aromatic N) is 1. The van der Waals surface area contributed by atoms with Crippen molar-refractivity contribution in [2.75, 3.05) is 19.0 Å². The second-order valence-corrected chi connectivity index (χ2v) is 7.33. The van der Waals surface area contributed by atoms with E-state index < -0.39 is 5.60 Å². The van der Waals surface area contributed by atoms with Gasteiger partial charge < -0.3 is 10.0 Å². The van der Waals surface area contributed by atoms with Crippen LogP contribution < -0.4 is 4.90 Å². The van der Waals surface area contributed by atoms with Gasteiger partial charge in [0.05, 0.1) is 0 Å². The SMILES string of the molecule is CN(C)c1ccc(C2(O)c3ccccc3Sc3ccccc32)cc1. The number of aliphatic hydroxyl groups is 1.